The molecule has 2 atom stereocenters. The number of hydrogen-bond donors (Lipinski definition) is 0. The highest BCUT2D eigenvalue weighted by Crippen LogP contribution is 2.63. The van der Waals surface area contributed by atoms with E-state index in [4.69, 9.17) is 4.74 Å². The molecule has 5 nitrogen and oxygen atoms in total. The van der Waals surface area contributed by atoms with E-state index < -0.39 is 12.0 Å². The molecule has 0 aromatic heterocycles. The summed E-state index contributed by atoms with van der Waals surface area (Å²) in [7, 11) is 0. The van der Waals surface area contributed by atoms with Crippen molar-refractivity contribution in [3.8, 4) is 0 Å². The van der Waals surface area contributed by atoms with E-state index in [0.29, 0.717) is 24.2 Å². The molecule has 0 radical (unpaired) electrons. The lowest BCUT2D eigenvalue weighted by Crippen LogP contribution is -2.57. The number of rotatable bonds is 5. The Labute approximate surface area is 171 Å². The van der Waals surface area contributed by atoms with Gasteiger partial charge in [-0.15, -0.1) is 0 Å². The van der Waals surface area contributed by atoms with Crippen molar-refractivity contribution in [2.75, 3.05) is 6.61 Å². The second kappa shape index (κ2) is 6.96. The third-order valence-electron chi connectivity index (χ3n) is 7.86. The molecule has 1 saturated heterocycles. The minimum atomic E-state index is -0.708. The van der Waals surface area contributed by atoms with E-state index in [2.05, 4.69) is 0 Å². The summed E-state index contributed by atoms with van der Waals surface area (Å²) in [6.07, 6.45) is 6.60. The Hall–Kier alpha value is -2.17. The van der Waals surface area contributed by atoms with E-state index in [1.54, 1.807) is 0 Å². The monoisotopic (exact) mass is 395 g/mol. The molecule has 154 valence electrons. The Morgan fingerprint density at radius 2 is 1.66 bits per heavy atom. The van der Waals surface area contributed by atoms with E-state index >= 15 is 0 Å². The highest BCUT2D eigenvalue weighted by molar-refractivity contribution is 6.06. The van der Waals surface area contributed by atoms with E-state index in [0.717, 1.165) is 24.8 Å². The molecule has 4 bridgehead atoms. The van der Waals surface area contributed by atoms with Crippen molar-refractivity contribution in [2.24, 2.45) is 29.1 Å². The maximum absolute atomic E-state index is 13.7. The fraction of sp³-hybridized carbons (Fsp3) is 0.625. The van der Waals surface area contributed by atoms with Gasteiger partial charge in [0.15, 0.2) is 0 Å². The topological polar surface area (TPSA) is 63.7 Å². The van der Waals surface area contributed by atoms with Crippen molar-refractivity contribution in [1.29, 1.82) is 0 Å². The summed E-state index contributed by atoms with van der Waals surface area (Å²) in [6.45, 7) is 1.74. The normalized spacial score (nSPS) is 36.2. The van der Waals surface area contributed by atoms with Gasteiger partial charge in [-0.3, -0.25) is 9.59 Å². The van der Waals surface area contributed by atoms with Crippen LogP contribution in [0.15, 0.2) is 30.3 Å². The highest BCUT2D eigenvalue weighted by atomic mass is 16.6. The molecule has 2 amide bonds. The number of benzene rings is 1. The lowest BCUT2D eigenvalue weighted by Gasteiger charge is -2.58. The first-order valence-corrected chi connectivity index (χ1v) is 11.0. The van der Waals surface area contributed by atoms with Crippen molar-refractivity contribution in [3.63, 3.8) is 0 Å². The summed E-state index contributed by atoms with van der Waals surface area (Å²) in [5, 5.41) is 0. The average molecular weight is 395 g/mol. The van der Waals surface area contributed by atoms with Crippen LogP contribution in [0, 0.1) is 29.1 Å². The van der Waals surface area contributed by atoms with Crippen molar-refractivity contribution < 1.29 is 19.1 Å². The summed E-state index contributed by atoms with van der Waals surface area (Å²) in [4.78, 5) is 40.4. The summed E-state index contributed by atoms with van der Waals surface area (Å²) < 4.78 is 5.28. The number of ether oxygens (including phenoxy) is 1. The van der Waals surface area contributed by atoms with Crippen LogP contribution in [-0.4, -0.2) is 35.3 Å². The molecule has 5 fully saturated rings. The van der Waals surface area contributed by atoms with Crippen molar-refractivity contribution in [3.05, 3.63) is 35.9 Å². The molecule has 6 rings (SSSR count). The first kappa shape index (κ1) is 18.8. The van der Waals surface area contributed by atoms with E-state index in [1.165, 1.54) is 31.1 Å². The second-order valence-electron chi connectivity index (χ2n) is 9.95. The van der Waals surface area contributed by atoms with Gasteiger partial charge in [-0.05, 0) is 80.6 Å². The largest absolute Gasteiger partial charge is 0.447 e. The number of ketones is 1. The van der Waals surface area contributed by atoms with Gasteiger partial charge in [-0.2, -0.15) is 0 Å². The zero-order valence-corrected chi connectivity index (χ0v) is 17.0. The number of carbonyl (C=O) groups excluding carboxylic acids is 3. The van der Waals surface area contributed by atoms with Crippen LogP contribution in [0.3, 0.4) is 0 Å². The summed E-state index contributed by atoms with van der Waals surface area (Å²) in [6, 6.07) is 9.50. The zero-order valence-electron chi connectivity index (χ0n) is 17.0. The second-order valence-corrected chi connectivity index (χ2v) is 9.95. The standard InChI is InChI=1S/C24H29NO4/c1-15(26)21(24-11-17-7-18(12-24)9-19(8-17)13-24)22(27)25-20(14-29-23(25)28)10-16-5-3-2-4-6-16/h2-6,17-21H,7-14H2,1H3/t17?,18?,19?,20-,21-,24?/m0/s1. The zero-order chi connectivity index (χ0) is 20.2. The molecule has 1 aliphatic heterocycles. The quantitative estimate of drug-likeness (QED) is 0.707. The van der Waals surface area contributed by atoms with E-state index in [1.807, 2.05) is 30.3 Å². The molecule has 1 heterocycles. The van der Waals surface area contributed by atoms with Crippen LogP contribution in [0.2, 0.25) is 0 Å². The molecule has 0 N–H and O–H groups in total. The molecule has 1 aromatic rings. The van der Waals surface area contributed by atoms with Crippen molar-refractivity contribution >= 4 is 17.8 Å². The summed E-state index contributed by atoms with van der Waals surface area (Å²) in [5.41, 5.74) is 0.806. The Bertz CT molecular complexity index is 797. The fourth-order valence-electron chi connectivity index (χ4n) is 7.30. The number of Topliss-reactive ketones (excluding diaryl/α,β-unsaturated/α-hetero) is 1. The Balaban J connectivity index is 1.43. The molecule has 0 spiro atoms. The molecule has 29 heavy (non-hydrogen) atoms. The number of cyclic esters (lactones) is 1. The predicted molar refractivity (Wildman–Crippen MR) is 107 cm³/mol. The van der Waals surface area contributed by atoms with Crippen LogP contribution in [0.1, 0.15) is 51.0 Å². The predicted octanol–water partition coefficient (Wildman–Crippen LogP) is 4.00. The lowest BCUT2D eigenvalue weighted by molar-refractivity contribution is -0.156. The van der Waals surface area contributed by atoms with Gasteiger partial charge < -0.3 is 4.74 Å². The average Bonchev–Trinajstić information content (AvgIpc) is 3.01. The van der Waals surface area contributed by atoms with E-state index in [-0.39, 0.29) is 29.8 Å². The van der Waals surface area contributed by atoms with Gasteiger partial charge in [0.25, 0.3) is 0 Å². The molecular weight excluding hydrogens is 366 g/mol. The number of imide groups is 1. The third-order valence-corrected chi connectivity index (χ3v) is 7.86. The SMILES string of the molecule is CC(=O)[C@@H](C(=O)N1C(=O)OC[C@@H]1Cc1ccccc1)C12CC3CC(CC(C3)C1)C2. The minimum Gasteiger partial charge on any atom is -0.447 e. The number of nitrogens with zero attached hydrogens (tertiary/aromatic N) is 1. The van der Waals surface area contributed by atoms with Crippen LogP contribution in [0.5, 0.6) is 0 Å². The highest BCUT2D eigenvalue weighted by Gasteiger charge is 2.59. The summed E-state index contributed by atoms with van der Waals surface area (Å²) in [5.74, 6) is 0.808. The van der Waals surface area contributed by atoms with Crippen LogP contribution in [-0.2, 0) is 20.7 Å². The molecule has 4 aliphatic carbocycles. The molecule has 5 heteroatoms. The third kappa shape index (κ3) is 3.19. The van der Waals surface area contributed by atoms with Gasteiger partial charge in [-0.25, -0.2) is 9.69 Å². The number of amides is 2. The van der Waals surface area contributed by atoms with Gasteiger partial charge in [0.1, 0.15) is 18.3 Å². The maximum Gasteiger partial charge on any atom is 0.417 e. The van der Waals surface area contributed by atoms with Crippen LogP contribution >= 0.6 is 0 Å². The number of hydrogen-bond acceptors (Lipinski definition) is 4. The van der Waals surface area contributed by atoms with Crippen LogP contribution in [0.25, 0.3) is 0 Å². The summed E-state index contributed by atoms with van der Waals surface area (Å²) >= 11 is 0. The van der Waals surface area contributed by atoms with Crippen molar-refractivity contribution in [1.82, 2.24) is 4.90 Å². The molecular formula is C24H29NO4. The van der Waals surface area contributed by atoms with Gasteiger partial charge in [-0.1, -0.05) is 30.3 Å². The van der Waals surface area contributed by atoms with Crippen LogP contribution in [0.4, 0.5) is 4.79 Å². The Morgan fingerprint density at radius 3 is 2.21 bits per heavy atom. The maximum atomic E-state index is 13.7. The smallest absolute Gasteiger partial charge is 0.417 e. The first-order valence-electron chi connectivity index (χ1n) is 11.0. The number of carbonyl (C=O) groups is 3. The van der Waals surface area contributed by atoms with Crippen LogP contribution < -0.4 is 0 Å². The van der Waals surface area contributed by atoms with Gasteiger partial charge in [0.05, 0.1) is 6.04 Å². The first-order chi connectivity index (χ1) is 13.9. The molecule has 4 saturated carbocycles. The van der Waals surface area contributed by atoms with Gasteiger partial charge in [0.2, 0.25) is 5.91 Å². The minimum absolute atomic E-state index is 0.0879. The molecule has 5 aliphatic rings. The lowest BCUT2D eigenvalue weighted by atomic mass is 9.46. The molecule has 1 aromatic carbocycles. The Morgan fingerprint density at radius 1 is 1.07 bits per heavy atom. The van der Waals surface area contributed by atoms with Gasteiger partial charge in [0, 0.05) is 0 Å². The Kier molecular flexibility index (Phi) is 4.52. The molecule has 0 unspecified atom stereocenters. The van der Waals surface area contributed by atoms with E-state index in [9.17, 15) is 14.4 Å². The van der Waals surface area contributed by atoms with Crippen molar-refractivity contribution in [2.45, 2.75) is 57.9 Å². The van der Waals surface area contributed by atoms with Gasteiger partial charge >= 0.3 is 6.09 Å². The fourth-order valence-corrected chi connectivity index (χ4v) is 7.30.